The van der Waals surface area contributed by atoms with Gasteiger partial charge in [-0.1, -0.05) is 42.5 Å². The molecule has 0 aliphatic carbocycles. The summed E-state index contributed by atoms with van der Waals surface area (Å²) in [4.78, 5) is 9.85. The minimum Gasteiger partial charge on any atom is -0.378 e. The molecule has 2 aliphatic rings. The number of aliphatic imine (C=N–C) groups is 1. The summed E-state index contributed by atoms with van der Waals surface area (Å²) in [5.41, 5.74) is 3.90. The van der Waals surface area contributed by atoms with E-state index in [4.69, 9.17) is 9.73 Å². The van der Waals surface area contributed by atoms with Gasteiger partial charge in [0.2, 0.25) is 0 Å². The number of likely N-dealkylation sites (tertiary alicyclic amines) is 1. The number of nitrogens with one attached hydrogen (secondary N) is 2. The van der Waals surface area contributed by atoms with Gasteiger partial charge in [-0.15, -0.1) is 0 Å². The van der Waals surface area contributed by atoms with Gasteiger partial charge in [-0.3, -0.25) is 4.90 Å². The highest BCUT2D eigenvalue weighted by atomic mass is 16.5. The molecule has 0 saturated carbocycles. The number of nitrogens with zero attached hydrogens (tertiary/aromatic N) is 3. The standard InChI is InChI=1S/C27H39N5O/c1-3-28-27(29-20-23-9-11-26(12-10-23)31-15-17-33-18-16-31)30-25-13-14-32(22(2)19-25)21-24-7-5-4-6-8-24/h4-12,22,25H,3,13-21H2,1-2H3,(H2,28,29,30). The third-order valence-electron chi connectivity index (χ3n) is 6.66. The van der Waals surface area contributed by atoms with Crippen LogP contribution in [0.5, 0.6) is 0 Å². The Labute approximate surface area is 199 Å². The molecular weight excluding hydrogens is 410 g/mol. The number of guanidine groups is 1. The van der Waals surface area contributed by atoms with Gasteiger partial charge < -0.3 is 20.3 Å². The highest BCUT2D eigenvalue weighted by Crippen LogP contribution is 2.20. The van der Waals surface area contributed by atoms with Crippen LogP contribution >= 0.6 is 0 Å². The molecule has 2 atom stereocenters. The highest BCUT2D eigenvalue weighted by molar-refractivity contribution is 5.80. The fourth-order valence-electron chi connectivity index (χ4n) is 4.72. The number of anilines is 1. The molecule has 178 valence electrons. The Morgan fingerprint density at radius 3 is 2.45 bits per heavy atom. The molecule has 33 heavy (non-hydrogen) atoms. The molecule has 0 aromatic heterocycles. The zero-order valence-corrected chi connectivity index (χ0v) is 20.2. The summed E-state index contributed by atoms with van der Waals surface area (Å²) in [7, 11) is 0. The Kier molecular flexibility index (Phi) is 8.61. The van der Waals surface area contributed by atoms with E-state index >= 15 is 0 Å². The molecule has 2 aliphatic heterocycles. The molecule has 2 saturated heterocycles. The molecular formula is C27H39N5O. The number of ether oxygens (including phenoxy) is 1. The van der Waals surface area contributed by atoms with E-state index in [1.165, 1.54) is 16.8 Å². The van der Waals surface area contributed by atoms with Crippen LogP contribution in [-0.4, -0.2) is 62.3 Å². The number of hydrogen-bond donors (Lipinski definition) is 2. The minimum absolute atomic E-state index is 0.452. The first kappa shape index (κ1) is 23.6. The molecule has 0 radical (unpaired) electrons. The van der Waals surface area contributed by atoms with Gasteiger partial charge in [0.1, 0.15) is 0 Å². The van der Waals surface area contributed by atoms with Gasteiger partial charge in [0.15, 0.2) is 5.96 Å². The third kappa shape index (κ3) is 6.95. The molecule has 2 aromatic rings. The smallest absolute Gasteiger partial charge is 0.191 e. The number of piperidine rings is 1. The average molecular weight is 450 g/mol. The summed E-state index contributed by atoms with van der Waals surface area (Å²) in [6, 6.07) is 20.6. The van der Waals surface area contributed by atoms with Crippen LogP contribution in [0.3, 0.4) is 0 Å². The quantitative estimate of drug-likeness (QED) is 0.499. The summed E-state index contributed by atoms with van der Waals surface area (Å²) in [5, 5.41) is 7.13. The molecule has 2 aromatic carbocycles. The molecule has 0 bridgehead atoms. The van der Waals surface area contributed by atoms with Crippen LogP contribution in [0.25, 0.3) is 0 Å². The second-order valence-corrected chi connectivity index (χ2v) is 9.13. The van der Waals surface area contributed by atoms with E-state index in [2.05, 4.69) is 88.9 Å². The van der Waals surface area contributed by atoms with Crippen LogP contribution in [0.4, 0.5) is 5.69 Å². The molecule has 2 fully saturated rings. The molecule has 0 spiro atoms. The van der Waals surface area contributed by atoms with Crippen molar-refractivity contribution in [3.8, 4) is 0 Å². The van der Waals surface area contributed by atoms with Gasteiger partial charge in [0, 0.05) is 50.5 Å². The van der Waals surface area contributed by atoms with E-state index in [1.54, 1.807) is 0 Å². The topological polar surface area (TPSA) is 52.1 Å². The molecule has 2 unspecified atom stereocenters. The monoisotopic (exact) mass is 449 g/mol. The van der Waals surface area contributed by atoms with Gasteiger partial charge in [0.05, 0.1) is 19.8 Å². The fourth-order valence-corrected chi connectivity index (χ4v) is 4.72. The fraction of sp³-hybridized carbons (Fsp3) is 0.519. The van der Waals surface area contributed by atoms with Crippen LogP contribution in [-0.2, 0) is 17.8 Å². The van der Waals surface area contributed by atoms with Crippen molar-refractivity contribution in [2.45, 2.75) is 51.9 Å². The van der Waals surface area contributed by atoms with Crippen molar-refractivity contribution in [1.82, 2.24) is 15.5 Å². The van der Waals surface area contributed by atoms with E-state index in [-0.39, 0.29) is 0 Å². The Balaban J connectivity index is 1.29. The van der Waals surface area contributed by atoms with Gasteiger partial charge in [-0.25, -0.2) is 4.99 Å². The average Bonchev–Trinajstić information content (AvgIpc) is 2.86. The van der Waals surface area contributed by atoms with Gasteiger partial charge in [0.25, 0.3) is 0 Å². The normalized spacial score (nSPS) is 22.2. The maximum atomic E-state index is 5.46. The molecule has 6 nitrogen and oxygen atoms in total. The van der Waals surface area contributed by atoms with E-state index < -0.39 is 0 Å². The Hall–Kier alpha value is -2.57. The number of morpholine rings is 1. The maximum absolute atomic E-state index is 5.46. The van der Waals surface area contributed by atoms with Crippen LogP contribution < -0.4 is 15.5 Å². The van der Waals surface area contributed by atoms with Gasteiger partial charge in [-0.05, 0) is 49.9 Å². The van der Waals surface area contributed by atoms with E-state index in [1.807, 2.05) is 0 Å². The summed E-state index contributed by atoms with van der Waals surface area (Å²) >= 11 is 0. The minimum atomic E-state index is 0.452. The highest BCUT2D eigenvalue weighted by Gasteiger charge is 2.26. The maximum Gasteiger partial charge on any atom is 0.191 e. The molecule has 6 heteroatoms. The van der Waals surface area contributed by atoms with Crippen molar-refractivity contribution < 1.29 is 4.74 Å². The third-order valence-corrected chi connectivity index (χ3v) is 6.66. The van der Waals surface area contributed by atoms with Crippen molar-refractivity contribution in [2.24, 2.45) is 4.99 Å². The van der Waals surface area contributed by atoms with Crippen LogP contribution in [0.2, 0.25) is 0 Å². The lowest BCUT2D eigenvalue weighted by Crippen LogP contribution is -2.51. The van der Waals surface area contributed by atoms with Crippen molar-refractivity contribution in [3.63, 3.8) is 0 Å². The lowest BCUT2D eigenvalue weighted by atomic mass is 9.97. The van der Waals surface area contributed by atoms with Crippen molar-refractivity contribution in [3.05, 3.63) is 65.7 Å². The lowest BCUT2D eigenvalue weighted by Gasteiger charge is -2.38. The second-order valence-electron chi connectivity index (χ2n) is 9.13. The summed E-state index contributed by atoms with van der Waals surface area (Å²) in [5.74, 6) is 0.920. The Morgan fingerprint density at radius 2 is 1.76 bits per heavy atom. The lowest BCUT2D eigenvalue weighted by molar-refractivity contribution is 0.122. The predicted octanol–water partition coefficient (Wildman–Crippen LogP) is 3.63. The second kappa shape index (κ2) is 12.1. The first-order chi connectivity index (χ1) is 16.2. The molecule has 4 rings (SSSR count). The molecule has 0 amide bonds. The van der Waals surface area contributed by atoms with E-state index in [0.717, 1.165) is 64.7 Å². The number of benzene rings is 2. The Morgan fingerprint density at radius 1 is 1.00 bits per heavy atom. The summed E-state index contributed by atoms with van der Waals surface area (Å²) in [6.45, 7) is 11.7. The predicted molar refractivity (Wildman–Crippen MR) is 137 cm³/mol. The Bertz CT molecular complexity index is 864. The number of rotatable bonds is 7. The summed E-state index contributed by atoms with van der Waals surface area (Å²) < 4.78 is 5.46. The SMILES string of the molecule is CCNC(=NCc1ccc(N2CCOCC2)cc1)NC1CCN(Cc2ccccc2)C(C)C1. The van der Waals surface area contributed by atoms with Crippen LogP contribution in [0, 0.1) is 0 Å². The van der Waals surface area contributed by atoms with Crippen molar-refractivity contribution in [2.75, 3.05) is 44.3 Å². The molecule has 2 heterocycles. The van der Waals surface area contributed by atoms with Crippen LogP contribution in [0.15, 0.2) is 59.6 Å². The van der Waals surface area contributed by atoms with Gasteiger partial charge in [-0.2, -0.15) is 0 Å². The van der Waals surface area contributed by atoms with E-state index in [9.17, 15) is 0 Å². The zero-order chi connectivity index (χ0) is 22.9. The number of hydrogen-bond acceptors (Lipinski definition) is 4. The van der Waals surface area contributed by atoms with Gasteiger partial charge >= 0.3 is 0 Å². The first-order valence-electron chi connectivity index (χ1n) is 12.5. The van der Waals surface area contributed by atoms with E-state index in [0.29, 0.717) is 18.6 Å². The molecule has 2 N–H and O–H groups in total. The van der Waals surface area contributed by atoms with Crippen molar-refractivity contribution >= 4 is 11.6 Å². The van der Waals surface area contributed by atoms with Crippen LogP contribution in [0.1, 0.15) is 37.8 Å². The first-order valence-corrected chi connectivity index (χ1v) is 12.5. The summed E-state index contributed by atoms with van der Waals surface area (Å²) in [6.07, 6.45) is 2.27. The zero-order valence-electron chi connectivity index (χ0n) is 20.2. The van der Waals surface area contributed by atoms with Crippen molar-refractivity contribution in [1.29, 1.82) is 0 Å². The largest absolute Gasteiger partial charge is 0.378 e.